The molecular formula is C11H13Cl2N3O2. The largest absolute Gasteiger partial charge is 0.355 e. The van der Waals surface area contributed by atoms with Gasteiger partial charge in [-0.15, -0.1) is 0 Å². The third-order valence-corrected chi connectivity index (χ3v) is 2.52. The SMILES string of the molecule is CCCNC(=O)CNC(=O)c1nc(Cl)ccc1Cl. The predicted octanol–water partition coefficient (Wildman–Crippen LogP) is 1.64. The number of carbonyl (C=O) groups excluding carboxylic acids is 2. The van der Waals surface area contributed by atoms with Gasteiger partial charge in [0.25, 0.3) is 5.91 Å². The molecule has 0 saturated heterocycles. The van der Waals surface area contributed by atoms with Crippen LogP contribution in [0.4, 0.5) is 0 Å². The summed E-state index contributed by atoms with van der Waals surface area (Å²) in [5, 5.41) is 5.40. The Morgan fingerprint density at radius 2 is 2.00 bits per heavy atom. The molecule has 7 heteroatoms. The van der Waals surface area contributed by atoms with Gasteiger partial charge in [0, 0.05) is 6.54 Å². The smallest absolute Gasteiger partial charge is 0.271 e. The molecule has 0 aliphatic rings. The van der Waals surface area contributed by atoms with Crippen molar-refractivity contribution in [1.82, 2.24) is 15.6 Å². The third kappa shape index (κ3) is 4.50. The number of rotatable bonds is 5. The predicted molar refractivity (Wildman–Crippen MR) is 69.9 cm³/mol. The molecule has 0 saturated carbocycles. The average Bonchev–Trinajstić information content (AvgIpc) is 2.36. The monoisotopic (exact) mass is 289 g/mol. The molecule has 1 aromatic rings. The number of aromatic nitrogens is 1. The van der Waals surface area contributed by atoms with Crippen LogP contribution in [0.1, 0.15) is 23.8 Å². The molecule has 98 valence electrons. The lowest BCUT2D eigenvalue weighted by Crippen LogP contribution is -2.37. The molecule has 0 atom stereocenters. The maximum Gasteiger partial charge on any atom is 0.271 e. The zero-order chi connectivity index (χ0) is 13.5. The molecule has 0 unspecified atom stereocenters. The molecule has 0 aromatic carbocycles. The van der Waals surface area contributed by atoms with Gasteiger partial charge in [-0.05, 0) is 18.6 Å². The first-order valence-corrected chi connectivity index (χ1v) is 6.17. The summed E-state index contributed by atoms with van der Waals surface area (Å²) < 4.78 is 0. The molecule has 1 aromatic heterocycles. The van der Waals surface area contributed by atoms with Crippen LogP contribution in [0.5, 0.6) is 0 Å². The summed E-state index contributed by atoms with van der Waals surface area (Å²) in [6.45, 7) is 2.39. The van der Waals surface area contributed by atoms with Crippen molar-refractivity contribution < 1.29 is 9.59 Å². The zero-order valence-corrected chi connectivity index (χ0v) is 11.3. The van der Waals surface area contributed by atoms with E-state index in [9.17, 15) is 9.59 Å². The van der Waals surface area contributed by atoms with Crippen LogP contribution in [0.2, 0.25) is 10.2 Å². The van der Waals surface area contributed by atoms with Gasteiger partial charge >= 0.3 is 0 Å². The number of hydrogen-bond acceptors (Lipinski definition) is 3. The van der Waals surface area contributed by atoms with E-state index < -0.39 is 5.91 Å². The lowest BCUT2D eigenvalue weighted by molar-refractivity contribution is -0.120. The second kappa shape index (κ2) is 7.18. The van der Waals surface area contributed by atoms with Crippen molar-refractivity contribution in [2.45, 2.75) is 13.3 Å². The summed E-state index contributed by atoms with van der Waals surface area (Å²) in [6.07, 6.45) is 0.835. The van der Waals surface area contributed by atoms with E-state index in [2.05, 4.69) is 15.6 Å². The van der Waals surface area contributed by atoms with Gasteiger partial charge in [-0.25, -0.2) is 4.98 Å². The molecular weight excluding hydrogens is 277 g/mol. The van der Waals surface area contributed by atoms with Gasteiger partial charge in [-0.1, -0.05) is 30.1 Å². The Bertz CT molecular complexity index is 452. The summed E-state index contributed by atoms with van der Waals surface area (Å²) in [4.78, 5) is 26.8. The first-order valence-electron chi connectivity index (χ1n) is 5.41. The molecule has 1 rings (SSSR count). The number of nitrogens with one attached hydrogen (secondary N) is 2. The van der Waals surface area contributed by atoms with E-state index in [1.54, 1.807) is 0 Å². The zero-order valence-electron chi connectivity index (χ0n) is 9.80. The van der Waals surface area contributed by atoms with E-state index in [1.807, 2.05) is 6.92 Å². The van der Waals surface area contributed by atoms with Gasteiger partial charge in [-0.3, -0.25) is 9.59 Å². The van der Waals surface area contributed by atoms with Gasteiger partial charge in [-0.2, -0.15) is 0 Å². The molecule has 1 heterocycles. The molecule has 0 bridgehead atoms. The Morgan fingerprint density at radius 3 is 2.67 bits per heavy atom. The highest BCUT2D eigenvalue weighted by Crippen LogP contribution is 2.16. The van der Waals surface area contributed by atoms with Crippen LogP contribution in [0.15, 0.2) is 12.1 Å². The fourth-order valence-electron chi connectivity index (χ4n) is 1.15. The van der Waals surface area contributed by atoms with Crippen LogP contribution in [-0.2, 0) is 4.79 Å². The molecule has 0 aliphatic carbocycles. The summed E-state index contributed by atoms with van der Waals surface area (Å²) in [7, 11) is 0. The van der Waals surface area contributed by atoms with Crippen LogP contribution < -0.4 is 10.6 Å². The summed E-state index contributed by atoms with van der Waals surface area (Å²) >= 11 is 11.5. The van der Waals surface area contributed by atoms with Crippen LogP contribution >= 0.6 is 23.2 Å². The highest BCUT2D eigenvalue weighted by molar-refractivity contribution is 6.34. The maximum atomic E-state index is 11.7. The molecule has 0 aliphatic heterocycles. The third-order valence-electron chi connectivity index (χ3n) is 2.01. The van der Waals surface area contributed by atoms with E-state index in [0.29, 0.717) is 6.54 Å². The number of hydrogen-bond donors (Lipinski definition) is 2. The normalized spacial score (nSPS) is 9.94. The summed E-state index contributed by atoms with van der Waals surface area (Å²) in [5.41, 5.74) is 0.00691. The molecule has 2 amide bonds. The Labute approximate surface area is 115 Å². The minimum Gasteiger partial charge on any atom is -0.355 e. The first-order chi connectivity index (χ1) is 8.54. The van der Waals surface area contributed by atoms with Crippen molar-refractivity contribution in [3.8, 4) is 0 Å². The number of amides is 2. The quantitative estimate of drug-likeness (QED) is 0.810. The minimum absolute atomic E-state index is 0.00691. The van der Waals surface area contributed by atoms with Crippen molar-refractivity contribution in [3.63, 3.8) is 0 Å². The highest BCUT2D eigenvalue weighted by atomic mass is 35.5. The van der Waals surface area contributed by atoms with Crippen molar-refractivity contribution in [2.24, 2.45) is 0 Å². The fourth-order valence-corrected chi connectivity index (χ4v) is 1.49. The van der Waals surface area contributed by atoms with Gasteiger partial charge in [0.2, 0.25) is 5.91 Å². The fraction of sp³-hybridized carbons (Fsp3) is 0.364. The molecule has 5 nitrogen and oxygen atoms in total. The molecule has 18 heavy (non-hydrogen) atoms. The van der Waals surface area contributed by atoms with Gasteiger partial charge < -0.3 is 10.6 Å². The number of carbonyl (C=O) groups is 2. The lowest BCUT2D eigenvalue weighted by Gasteiger charge is -2.06. The first kappa shape index (κ1) is 14.7. The number of nitrogens with zero attached hydrogens (tertiary/aromatic N) is 1. The Morgan fingerprint density at radius 1 is 1.28 bits per heavy atom. The number of halogens is 2. The second-order valence-corrected chi connectivity index (χ2v) is 4.29. The van der Waals surface area contributed by atoms with Gasteiger partial charge in [0.1, 0.15) is 10.8 Å². The Balaban J connectivity index is 2.55. The van der Waals surface area contributed by atoms with E-state index in [1.165, 1.54) is 12.1 Å². The van der Waals surface area contributed by atoms with E-state index in [0.717, 1.165) is 6.42 Å². The topological polar surface area (TPSA) is 71.1 Å². The standard InChI is InChI=1S/C11H13Cl2N3O2/c1-2-5-14-9(17)6-15-11(18)10-7(12)3-4-8(13)16-10/h3-4H,2,5-6H2,1H3,(H,14,17)(H,15,18). The van der Waals surface area contributed by atoms with E-state index >= 15 is 0 Å². The summed E-state index contributed by atoms with van der Waals surface area (Å²) in [5.74, 6) is -0.794. The molecule has 0 fully saturated rings. The Hall–Kier alpha value is -1.33. The van der Waals surface area contributed by atoms with Crippen LogP contribution in [0.3, 0.4) is 0 Å². The Kier molecular flexibility index (Phi) is 5.88. The van der Waals surface area contributed by atoms with E-state index in [-0.39, 0.29) is 28.3 Å². The summed E-state index contributed by atoms with van der Waals surface area (Å²) in [6, 6.07) is 2.96. The van der Waals surface area contributed by atoms with Crippen molar-refractivity contribution in [3.05, 3.63) is 28.0 Å². The van der Waals surface area contributed by atoms with Crippen molar-refractivity contribution in [1.29, 1.82) is 0 Å². The van der Waals surface area contributed by atoms with Crippen LogP contribution in [-0.4, -0.2) is 29.9 Å². The maximum absolute atomic E-state index is 11.7. The van der Waals surface area contributed by atoms with Crippen molar-refractivity contribution in [2.75, 3.05) is 13.1 Å². The van der Waals surface area contributed by atoms with Gasteiger partial charge in [0.05, 0.1) is 11.6 Å². The second-order valence-electron chi connectivity index (χ2n) is 3.50. The van der Waals surface area contributed by atoms with Crippen molar-refractivity contribution >= 4 is 35.0 Å². The molecule has 2 N–H and O–H groups in total. The average molecular weight is 290 g/mol. The van der Waals surface area contributed by atoms with Crippen LogP contribution in [0, 0.1) is 0 Å². The molecule has 0 radical (unpaired) electrons. The highest BCUT2D eigenvalue weighted by Gasteiger charge is 2.13. The van der Waals surface area contributed by atoms with Gasteiger partial charge in [0.15, 0.2) is 0 Å². The molecule has 0 spiro atoms. The minimum atomic E-state index is -0.533. The number of pyridine rings is 1. The van der Waals surface area contributed by atoms with E-state index in [4.69, 9.17) is 23.2 Å². The van der Waals surface area contributed by atoms with Crippen LogP contribution in [0.25, 0.3) is 0 Å². The lowest BCUT2D eigenvalue weighted by atomic mass is 10.3.